The van der Waals surface area contributed by atoms with Crippen LogP contribution in [0.25, 0.3) is 10.8 Å². The maximum Gasteiger partial charge on any atom is 0.252 e. The summed E-state index contributed by atoms with van der Waals surface area (Å²) in [7, 11) is 0. The average Bonchev–Trinajstić information content (AvgIpc) is 2.64. The van der Waals surface area contributed by atoms with Gasteiger partial charge in [0.25, 0.3) is 5.91 Å². The Balaban J connectivity index is 2.07. The van der Waals surface area contributed by atoms with Crippen molar-refractivity contribution >= 4 is 22.6 Å². The van der Waals surface area contributed by atoms with Gasteiger partial charge in [0.15, 0.2) is 0 Å². The van der Waals surface area contributed by atoms with E-state index in [9.17, 15) is 9.59 Å². The molecule has 25 heavy (non-hydrogen) atoms. The van der Waals surface area contributed by atoms with E-state index in [-0.39, 0.29) is 18.0 Å². The zero-order valence-electron chi connectivity index (χ0n) is 14.8. The Morgan fingerprint density at radius 2 is 1.80 bits per heavy atom. The molecule has 1 atom stereocenters. The van der Waals surface area contributed by atoms with E-state index in [1.807, 2.05) is 44.2 Å². The van der Waals surface area contributed by atoms with Crippen molar-refractivity contribution in [2.24, 2.45) is 0 Å². The largest absolute Gasteiger partial charge is 0.336 e. The summed E-state index contributed by atoms with van der Waals surface area (Å²) in [4.78, 5) is 24.3. The first-order chi connectivity index (χ1) is 12.1. The van der Waals surface area contributed by atoms with Gasteiger partial charge in [0.1, 0.15) is 6.17 Å². The minimum absolute atomic E-state index is 0.0330. The zero-order chi connectivity index (χ0) is 18.2. The number of carbonyl (C=O) groups excluding carboxylic acids is 2. The summed E-state index contributed by atoms with van der Waals surface area (Å²) >= 11 is 0. The van der Waals surface area contributed by atoms with Gasteiger partial charge in [-0.2, -0.15) is 0 Å². The van der Waals surface area contributed by atoms with Crippen LogP contribution in [-0.4, -0.2) is 18.0 Å². The molecule has 0 bridgehead atoms. The van der Waals surface area contributed by atoms with E-state index in [0.29, 0.717) is 18.4 Å². The smallest absolute Gasteiger partial charge is 0.252 e. The Morgan fingerprint density at radius 1 is 1.08 bits per heavy atom. The van der Waals surface area contributed by atoms with Crippen molar-refractivity contribution in [1.29, 1.82) is 0 Å². The maximum atomic E-state index is 12.5. The van der Waals surface area contributed by atoms with Gasteiger partial charge in [-0.3, -0.25) is 9.59 Å². The lowest BCUT2D eigenvalue weighted by Crippen LogP contribution is -2.47. The molecule has 0 aliphatic rings. The summed E-state index contributed by atoms with van der Waals surface area (Å²) in [6.07, 6.45) is 7.97. The second kappa shape index (κ2) is 8.89. The van der Waals surface area contributed by atoms with E-state index >= 15 is 0 Å². The Labute approximate surface area is 149 Å². The molecule has 0 heterocycles. The standard InChI is InChI=1S/C21H24N2O2/c1-4-7-8-20(24)22-19(6-3)23-21(25)18-12-11-16-13-15(5-2)9-10-17(16)14-18/h2,9-14,19H,4,6-8H2,1,3H3,(H,22,24)(H,23,25). The third-order valence-electron chi connectivity index (χ3n) is 4.08. The molecule has 0 radical (unpaired) electrons. The highest BCUT2D eigenvalue weighted by atomic mass is 16.2. The van der Waals surface area contributed by atoms with Gasteiger partial charge in [0.2, 0.25) is 5.91 Å². The average molecular weight is 336 g/mol. The van der Waals surface area contributed by atoms with E-state index < -0.39 is 0 Å². The van der Waals surface area contributed by atoms with Crippen LogP contribution in [0.2, 0.25) is 0 Å². The third kappa shape index (κ3) is 5.09. The molecular formula is C21H24N2O2. The number of nitrogens with one attached hydrogen (secondary N) is 2. The third-order valence-corrected chi connectivity index (χ3v) is 4.08. The molecule has 0 spiro atoms. The van der Waals surface area contributed by atoms with Crippen LogP contribution < -0.4 is 10.6 Å². The molecule has 130 valence electrons. The van der Waals surface area contributed by atoms with Crippen molar-refractivity contribution in [3.63, 3.8) is 0 Å². The SMILES string of the molecule is C#Cc1ccc2cc(C(=O)NC(CC)NC(=O)CCCC)ccc2c1. The van der Waals surface area contributed by atoms with E-state index in [4.69, 9.17) is 6.42 Å². The number of hydrogen-bond acceptors (Lipinski definition) is 2. The lowest BCUT2D eigenvalue weighted by atomic mass is 10.0. The summed E-state index contributed by atoms with van der Waals surface area (Å²) in [6, 6.07) is 11.2. The number of hydrogen-bond donors (Lipinski definition) is 2. The maximum absolute atomic E-state index is 12.5. The second-order valence-corrected chi connectivity index (χ2v) is 6.03. The summed E-state index contributed by atoms with van der Waals surface area (Å²) in [6.45, 7) is 3.96. The van der Waals surface area contributed by atoms with Crippen molar-refractivity contribution < 1.29 is 9.59 Å². The van der Waals surface area contributed by atoms with Gasteiger partial charge in [-0.1, -0.05) is 38.3 Å². The lowest BCUT2D eigenvalue weighted by molar-refractivity contribution is -0.122. The number of carbonyl (C=O) groups is 2. The lowest BCUT2D eigenvalue weighted by Gasteiger charge is -2.19. The highest BCUT2D eigenvalue weighted by Gasteiger charge is 2.14. The Bertz CT molecular complexity index is 805. The van der Waals surface area contributed by atoms with Gasteiger partial charge in [-0.05, 0) is 47.9 Å². The van der Waals surface area contributed by atoms with Crippen LogP contribution in [0.1, 0.15) is 55.5 Å². The van der Waals surface area contributed by atoms with Crippen LogP contribution in [0.15, 0.2) is 36.4 Å². The van der Waals surface area contributed by atoms with Crippen molar-refractivity contribution in [3.8, 4) is 12.3 Å². The number of terminal acetylenes is 1. The summed E-state index contributed by atoms with van der Waals surface area (Å²) in [5, 5.41) is 7.68. The van der Waals surface area contributed by atoms with Crippen LogP contribution in [0.3, 0.4) is 0 Å². The molecule has 2 rings (SSSR count). The van der Waals surface area contributed by atoms with Gasteiger partial charge in [-0.15, -0.1) is 6.42 Å². The number of amides is 2. The van der Waals surface area contributed by atoms with Gasteiger partial charge in [0, 0.05) is 17.5 Å². The van der Waals surface area contributed by atoms with Gasteiger partial charge in [-0.25, -0.2) is 0 Å². The molecule has 0 aliphatic carbocycles. The monoisotopic (exact) mass is 336 g/mol. The van der Waals surface area contributed by atoms with Crippen molar-refractivity contribution in [2.45, 2.75) is 45.7 Å². The molecule has 2 N–H and O–H groups in total. The predicted molar refractivity (Wildman–Crippen MR) is 101 cm³/mol. The van der Waals surface area contributed by atoms with Gasteiger partial charge < -0.3 is 10.6 Å². The van der Waals surface area contributed by atoms with Crippen molar-refractivity contribution in [2.75, 3.05) is 0 Å². The number of fused-ring (bicyclic) bond motifs is 1. The minimum Gasteiger partial charge on any atom is -0.336 e. The molecule has 0 saturated heterocycles. The molecule has 1 unspecified atom stereocenters. The Hall–Kier alpha value is -2.80. The molecule has 0 fully saturated rings. The summed E-state index contributed by atoms with van der Waals surface area (Å²) < 4.78 is 0. The molecule has 0 aromatic heterocycles. The van der Waals surface area contributed by atoms with E-state index in [0.717, 1.165) is 29.2 Å². The van der Waals surface area contributed by atoms with Gasteiger partial charge in [0.05, 0.1) is 0 Å². The number of unbranched alkanes of at least 4 members (excludes halogenated alkanes) is 1. The molecule has 0 saturated carbocycles. The molecule has 2 aromatic carbocycles. The molecule has 2 aromatic rings. The van der Waals surface area contributed by atoms with E-state index in [1.54, 1.807) is 6.07 Å². The van der Waals surface area contributed by atoms with Crippen LogP contribution in [0, 0.1) is 12.3 Å². The number of benzene rings is 2. The highest BCUT2D eigenvalue weighted by molar-refractivity contribution is 5.99. The normalized spacial score (nSPS) is 11.6. The van der Waals surface area contributed by atoms with Crippen LogP contribution in [-0.2, 0) is 4.79 Å². The second-order valence-electron chi connectivity index (χ2n) is 6.03. The van der Waals surface area contributed by atoms with Crippen LogP contribution in [0.5, 0.6) is 0 Å². The van der Waals surface area contributed by atoms with E-state index in [2.05, 4.69) is 16.6 Å². The fourth-order valence-electron chi connectivity index (χ4n) is 2.56. The first-order valence-corrected chi connectivity index (χ1v) is 8.68. The van der Waals surface area contributed by atoms with Crippen molar-refractivity contribution in [3.05, 3.63) is 47.5 Å². The van der Waals surface area contributed by atoms with Gasteiger partial charge >= 0.3 is 0 Å². The fraction of sp³-hybridized carbons (Fsp3) is 0.333. The molecule has 4 heteroatoms. The Morgan fingerprint density at radius 3 is 2.48 bits per heavy atom. The summed E-state index contributed by atoms with van der Waals surface area (Å²) in [5.41, 5.74) is 1.37. The fourth-order valence-corrected chi connectivity index (χ4v) is 2.56. The van der Waals surface area contributed by atoms with Crippen LogP contribution in [0.4, 0.5) is 0 Å². The molecular weight excluding hydrogens is 312 g/mol. The molecule has 0 aliphatic heterocycles. The van der Waals surface area contributed by atoms with Crippen molar-refractivity contribution in [1.82, 2.24) is 10.6 Å². The molecule has 4 nitrogen and oxygen atoms in total. The highest BCUT2D eigenvalue weighted by Crippen LogP contribution is 2.18. The zero-order valence-corrected chi connectivity index (χ0v) is 14.8. The minimum atomic E-state index is -0.364. The first-order valence-electron chi connectivity index (χ1n) is 8.68. The molecule has 2 amide bonds. The first kappa shape index (κ1) is 18.5. The quantitative estimate of drug-likeness (QED) is 0.599. The predicted octanol–water partition coefficient (Wildman–Crippen LogP) is 3.59. The van der Waals surface area contributed by atoms with Crippen LogP contribution >= 0.6 is 0 Å². The summed E-state index contributed by atoms with van der Waals surface area (Å²) in [5.74, 6) is 2.37. The Kier molecular flexibility index (Phi) is 6.59. The number of rotatable bonds is 7. The van der Waals surface area contributed by atoms with E-state index in [1.165, 1.54) is 0 Å². The topological polar surface area (TPSA) is 58.2 Å².